The minimum absolute atomic E-state index is 0.0573. The maximum Gasteiger partial charge on any atom is 0.262 e. The van der Waals surface area contributed by atoms with Gasteiger partial charge in [0.15, 0.2) is 0 Å². The number of nitrogens with two attached hydrogens (primary N) is 1. The highest BCUT2D eigenvalue weighted by molar-refractivity contribution is 5.94. The van der Waals surface area contributed by atoms with Crippen molar-refractivity contribution in [3.8, 4) is 0 Å². The molecule has 1 fully saturated rings. The number of fused-ring (bicyclic) bond motifs is 1. The number of amidine groups is 1. The zero-order valence-electron chi connectivity index (χ0n) is 12.7. The molecule has 21 heavy (non-hydrogen) atoms. The summed E-state index contributed by atoms with van der Waals surface area (Å²) in [5.41, 5.74) is 8.32. The summed E-state index contributed by atoms with van der Waals surface area (Å²) in [6.07, 6.45) is 5.46. The molecule has 0 saturated heterocycles. The van der Waals surface area contributed by atoms with Crippen molar-refractivity contribution in [2.24, 2.45) is 5.73 Å². The molecule has 1 aromatic rings. The van der Waals surface area contributed by atoms with Gasteiger partial charge in [0.05, 0.1) is 5.56 Å². The lowest BCUT2D eigenvalue weighted by Crippen LogP contribution is -2.39. The van der Waals surface area contributed by atoms with Crippen LogP contribution in [0.4, 0.5) is 0 Å². The van der Waals surface area contributed by atoms with E-state index >= 15 is 0 Å². The summed E-state index contributed by atoms with van der Waals surface area (Å²) in [5.74, 6) is -0.108. The van der Waals surface area contributed by atoms with Crippen molar-refractivity contribution in [2.45, 2.75) is 51.6 Å². The number of hydrogen-bond donors (Lipinski definition) is 2. The molecular formula is C16H24N4O. The van der Waals surface area contributed by atoms with E-state index < -0.39 is 0 Å². The van der Waals surface area contributed by atoms with Crippen LogP contribution in [-0.2, 0) is 13.0 Å². The van der Waals surface area contributed by atoms with Crippen molar-refractivity contribution in [2.75, 3.05) is 13.1 Å². The van der Waals surface area contributed by atoms with Crippen LogP contribution in [0.5, 0.6) is 0 Å². The number of likely N-dealkylation sites (N-methyl/N-ethyl adjacent to an activating group) is 1. The quantitative estimate of drug-likeness (QED) is 0.655. The summed E-state index contributed by atoms with van der Waals surface area (Å²) in [5, 5.41) is 7.71. The predicted octanol–water partition coefficient (Wildman–Crippen LogP) is 1.63. The fraction of sp³-hybridized carbons (Fsp3) is 0.625. The van der Waals surface area contributed by atoms with Crippen molar-refractivity contribution in [3.63, 3.8) is 0 Å². The number of nitrogen functional groups attached to an aromatic ring is 1. The van der Waals surface area contributed by atoms with Crippen LogP contribution in [0, 0.1) is 5.41 Å². The molecular weight excluding hydrogens is 264 g/mol. The van der Waals surface area contributed by atoms with E-state index in [1.54, 1.807) is 0 Å². The molecule has 1 saturated carbocycles. The molecule has 2 aliphatic rings. The van der Waals surface area contributed by atoms with E-state index in [1.807, 2.05) is 10.6 Å². The van der Waals surface area contributed by atoms with E-state index in [1.165, 1.54) is 24.1 Å². The van der Waals surface area contributed by atoms with Crippen LogP contribution in [-0.4, -0.2) is 28.4 Å². The van der Waals surface area contributed by atoms with Crippen LogP contribution >= 0.6 is 0 Å². The Morgan fingerprint density at radius 1 is 1.43 bits per heavy atom. The average molecular weight is 288 g/mol. The van der Waals surface area contributed by atoms with Gasteiger partial charge in [-0.3, -0.25) is 15.1 Å². The van der Waals surface area contributed by atoms with Crippen LogP contribution in [0.25, 0.3) is 0 Å². The Hall–Kier alpha value is -1.62. The monoisotopic (exact) mass is 288 g/mol. The second kappa shape index (κ2) is 5.64. The first kappa shape index (κ1) is 14.3. The van der Waals surface area contributed by atoms with Crippen LogP contribution in [0.1, 0.15) is 55.5 Å². The second-order valence-electron chi connectivity index (χ2n) is 6.18. The van der Waals surface area contributed by atoms with Crippen LogP contribution < -0.4 is 11.3 Å². The van der Waals surface area contributed by atoms with Gasteiger partial charge in [-0.1, -0.05) is 19.8 Å². The molecule has 0 radical (unpaired) electrons. The molecule has 1 aromatic heterocycles. The number of aromatic nitrogens is 1. The van der Waals surface area contributed by atoms with Gasteiger partial charge in [0.1, 0.15) is 5.84 Å². The van der Waals surface area contributed by atoms with Gasteiger partial charge in [-0.15, -0.1) is 0 Å². The molecule has 3 N–H and O–H groups in total. The lowest BCUT2D eigenvalue weighted by molar-refractivity contribution is 0.259. The van der Waals surface area contributed by atoms with E-state index in [2.05, 4.69) is 11.8 Å². The molecule has 114 valence electrons. The molecule has 0 aromatic carbocycles. The Bertz CT molecular complexity index is 613. The van der Waals surface area contributed by atoms with E-state index in [-0.39, 0.29) is 11.4 Å². The highest BCUT2D eigenvalue weighted by Gasteiger charge is 2.27. The van der Waals surface area contributed by atoms with Gasteiger partial charge in [0, 0.05) is 31.2 Å². The standard InChI is InChI=1S/C16H24N4O/c1-2-19-8-7-14-11(10-19)9-13(15(17)18)16(21)20(14)12-5-3-4-6-12/h9,12H,2-8,10H2,1H3,(H3,17,18). The average Bonchev–Trinajstić information content (AvgIpc) is 2.99. The lowest BCUT2D eigenvalue weighted by atomic mass is 10.0. The summed E-state index contributed by atoms with van der Waals surface area (Å²) in [6, 6.07) is 2.16. The molecule has 0 amide bonds. The number of rotatable bonds is 3. The smallest absolute Gasteiger partial charge is 0.262 e. The third-order valence-electron chi connectivity index (χ3n) is 4.92. The SMILES string of the molecule is CCN1CCc2c(cc(C(=N)N)c(=O)n2C2CCCC2)C1. The first-order chi connectivity index (χ1) is 10.1. The summed E-state index contributed by atoms with van der Waals surface area (Å²) < 4.78 is 1.98. The summed E-state index contributed by atoms with van der Waals surface area (Å²) in [6.45, 7) is 5.04. The first-order valence-electron chi connectivity index (χ1n) is 7.95. The van der Waals surface area contributed by atoms with Gasteiger partial charge in [0.25, 0.3) is 5.56 Å². The number of hydrogen-bond acceptors (Lipinski definition) is 3. The van der Waals surface area contributed by atoms with Crippen molar-refractivity contribution in [1.82, 2.24) is 9.47 Å². The zero-order chi connectivity index (χ0) is 15.0. The van der Waals surface area contributed by atoms with Crippen molar-refractivity contribution >= 4 is 5.84 Å². The Kier molecular flexibility index (Phi) is 3.85. The zero-order valence-corrected chi connectivity index (χ0v) is 12.7. The molecule has 5 nitrogen and oxygen atoms in total. The largest absolute Gasteiger partial charge is 0.384 e. The molecule has 1 aliphatic carbocycles. The fourth-order valence-electron chi connectivity index (χ4n) is 3.74. The molecule has 0 spiro atoms. The minimum Gasteiger partial charge on any atom is -0.384 e. The number of pyridine rings is 1. The molecule has 3 rings (SSSR count). The molecule has 0 bridgehead atoms. The third kappa shape index (κ3) is 2.50. The normalized spacial score (nSPS) is 19.7. The minimum atomic E-state index is -0.108. The highest BCUT2D eigenvalue weighted by Crippen LogP contribution is 2.31. The van der Waals surface area contributed by atoms with Crippen molar-refractivity contribution < 1.29 is 0 Å². The van der Waals surface area contributed by atoms with E-state index in [0.29, 0.717) is 11.6 Å². The Balaban J connectivity index is 2.14. The van der Waals surface area contributed by atoms with Crippen molar-refractivity contribution in [1.29, 1.82) is 5.41 Å². The fourth-order valence-corrected chi connectivity index (χ4v) is 3.74. The number of nitrogens with one attached hydrogen (secondary N) is 1. The van der Waals surface area contributed by atoms with Gasteiger partial charge < -0.3 is 10.3 Å². The second-order valence-corrected chi connectivity index (χ2v) is 6.18. The van der Waals surface area contributed by atoms with Crippen LogP contribution in [0.15, 0.2) is 10.9 Å². The van der Waals surface area contributed by atoms with Gasteiger partial charge >= 0.3 is 0 Å². The van der Waals surface area contributed by atoms with Gasteiger partial charge in [-0.25, -0.2) is 0 Å². The van der Waals surface area contributed by atoms with Gasteiger partial charge in [-0.05, 0) is 31.0 Å². The maximum atomic E-state index is 12.7. The molecule has 0 atom stereocenters. The highest BCUT2D eigenvalue weighted by atomic mass is 16.1. The Labute approximate surface area is 125 Å². The van der Waals surface area contributed by atoms with E-state index in [0.717, 1.165) is 38.9 Å². The number of nitrogens with zero attached hydrogens (tertiary/aromatic N) is 2. The molecule has 0 unspecified atom stereocenters. The maximum absolute atomic E-state index is 12.7. The molecule has 2 heterocycles. The lowest BCUT2D eigenvalue weighted by Gasteiger charge is -2.31. The molecule has 1 aliphatic heterocycles. The van der Waals surface area contributed by atoms with E-state index in [4.69, 9.17) is 11.1 Å². The Morgan fingerprint density at radius 2 is 2.14 bits per heavy atom. The third-order valence-corrected chi connectivity index (χ3v) is 4.92. The van der Waals surface area contributed by atoms with Crippen LogP contribution in [0.2, 0.25) is 0 Å². The Morgan fingerprint density at radius 3 is 2.76 bits per heavy atom. The predicted molar refractivity (Wildman–Crippen MR) is 83.9 cm³/mol. The topological polar surface area (TPSA) is 75.1 Å². The molecule has 5 heteroatoms. The van der Waals surface area contributed by atoms with Crippen LogP contribution in [0.3, 0.4) is 0 Å². The summed E-state index contributed by atoms with van der Waals surface area (Å²) in [4.78, 5) is 15.1. The first-order valence-corrected chi connectivity index (χ1v) is 7.95. The van der Waals surface area contributed by atoms with E-state index in [9.17, 15) is 4.79 Å². The van der Waals surface area contributed by atoms with Crippen molar-refractivity contribution in [3.05, 3.63) is 33.2 Å². The summed E-state index contributed by atoms with van der Waals surface area (Å²) >= 11 is 0. The summed E-state index contributed by atoms with van der Waals surface area (Å²) in [7, 11) is 0. The van der Waals surface area contributed by atoms with Gasteiger partial charge in [-0.2, -0.15) is 0 Å². The van der Waals surface area contributed by atoms with Gasteiger partial charge in [0.2, 0.25) is 0 Å².